The number of carboxylic acid groups (broad SMARTS) is 1. The second-order valence-corrected chi connectivity index (χ2v) is 19.9. The highest BCUT2D eigenvalue weighted by molar-refractivity contribution is 5.71. The minimum absolute atomic E-state index is 0.170. The number of unbranched alkanes of at least 4 members (excludes halogenated alkanes) is 16. The van der Waals surface area contributed by atoms with E-state index in [1.54, 1.807) is 0 Å². The van der Waals surface area contributed by atoms with E-state index in [1.807, 2.05) is 21.1 Å². The number of hydrogen-bond donors (Lipinski definition) is 1. The number of likely N-dealkylation sites (N-methyl/N-ethyl adjacent to an activating group) is 1. The van der Waals surface area contributed by atoms with Crippen LogP contribution in [0.4, 0.5) is 0 Å². The summed E-state index contributed by atoms with van der Waals surface area (Å²) in [5.74, 6) is -2.10. The van der Waals surface area contributed by atoms with Gasteiger partial charge in [-0.2, -0.15) is 0 Å². The van der Waals surface area contributed by atoms with Gasteiger partial charge in [0.05, 0.1) is 34.4 Å². The molecule has 0 aromatic carbocycles. The molecule has 0 aliphatic heterocycles. The summed E-state index contributed by atoms with van der Waals surface area (Å²) in [5, 5.41) is 9.69. The van der Waals surface area contributed by atoms with Gasteiger partial charge in [-0.3, -0.25) is 9.59 Å². The summed E-state index contributed by atoms with van der Waals surface area (Å²) in [6, 6.07) is 0. The van der Waals surface area contributed by atoms with Crippen molar-refractivity contribution in [2.75, 3.05) is 47.5 Å². The maximum Gasteiger partial charge on any atom is 0.361 e. The molecule has 9 nitrogen and oxygen atoms in total. The number of aliphatic carboxylic acids is 1. The summed E-state index contributed by atoms with van der Waals surface area (Å²) in [7, 11) is 5.94. The number of carboxylic acids is 1. The highest BCUT2D eigenvalue weighted by Gasteiger charge is 2.25. The van der Waals surface area contributed by atoms with Gasteiger partial charge in [0, 0.05) is 12.8 Å². The van der Waals surface area contributed by atoms with Crippen LogP contribution in [0.15, 0.2) is 122 Å². The highest BCUT2D eigenvalue weighted by Crippen LogP contribution is 2.14. The van der Waals surface area contributed by atoms with Gasteiger partial charge in [-0.15, -0.1) is 0 Å². The van der Waals surface area contributed by atoms with Crippen molar-refractivity contribution in [1.82, 2.24) is 0 Å². The minimum atomic E-state index is -1.53. The number of nitrogens with zero attached hydrogens (tertiary/aromatic N) is 1. The molecule has 0 heterocycles. The Bertz CT molecular complexity index is 1610. The van der Waals surface area contributed by atoms with Crippen LogP contribution in [0.5, 0.6) is 0 Å². The number of rotatable bonds is 51. The molecule has 0 radical (unpaired) electrons. The van der Waals surface area contributed by atoms with Gasteiger partial charge in [0.2, 0.25) is 0 Å². The average molecular weight is 1020 g/mol. The molecule has 2 atom stereocenters. The van der Waals surface area contributed by atoms with Gasteiger partial charge < -0.3 is 28.5 Å². The number of carbonyl (C=O) groups is 3. The van der Waals surface area contributed by atoms with E-state index in [0.29, 0.717) is 23.9 Å². The van der Waals surface area contributed by atoms with Crippen LogP contribution in [0.3, 0.4) is 0 Å². The van der Waals surface area contributed by atoms with E-state index in [0.717, 1.165) is 77.0 Å². The third-order valence-corrected chi connectivity index (χ3v) is 11.7. The highest BCUT2D eigenvalue weighted by atomic mass is 16.7. The number of ether oxygens (including phenoxy) is 4. The number of carbonyl (C=O) groups excluding carboxylic acids is 2. The summed E-state index contributed by atoms with van der Waals surface area (Å²) in [4.78, 5) is 37.4. The molecule has 0 fully saturated rings. The third-order valence-electron chi connectivity index (χ3n) is 11.7. The molecule has 0 aliphatic rings. The lowest BCUT2D eigenvalue weighted by molar-refractivity contribution is -0.870. The predicted octanol–water partition coefficient (Wildman–Crippen LogP) is 16.9. The molecule has 0 saturated carbocycles. The van der Waals surface area contributed by atoms with Crippen molar-refractivity contribution in [3.63, 3.8) is 0 Å². The molecule has 0 aromatic heterocycles. The summed E-state index contributed by atoms with van der Waals surface area (Å²) >= 11 is 0. The first-order valence-corrected chi connectivity index (χ1v) is 28.7. The first-order chi connectivity index (χ1) is 35.6. The Hall–Kier alpha value is -4.31. The van der Waals surface area contributed by atoms with Gasteiger partial charge in [0.15, 0.2) is 6.10 Å². The Morgan fingerprint density at radius 3 is 1.22 bits per heavy atom. The van der Waals surface area contributed by atoms with Crippen molar-refractivity contribution >= 4 is 17.9 Å². The van der Waals surface area contributed by atoms with E-state index in [4.69, 9.17) is 18.9 Å². The van der Waals surface area contributed by atoms with Crippen LogP contribution >= 0.6 is 0 Å². The maximum absolute atomic E-state index is 12.8. The van der Waals surface area contributed by atoms with Gasteiger partial charge in [-0.25, -0.2) is 4.79 Å². The fourth-order valence-corrected chi connectivity index (χ4v) is 7.30. The Balaban J connectivity index is 4.42. The first kappa shape index (κ1) is 68.7. The zero-order valence-corrected chi connectivity index (χ0v) is 47.0. The molecule has 2 unspecified atom stereocenters. The zero-order valence-electron chi connectivity index (χ0n) is 47.0. The lowest BCUT2D eigenvalue weighted by Gasteiger charge is -2.25. The molecule has 0 bridgehead atoms. The largest absolute Gasteiger partial charge is 0.477 e. The van der Waals surface area contributed by atoms with Crippen LogP contribution in [-0.4, -0.2) is 87.4 Å². The third kappa shape index (κ3) is 55.3. The molecule has 0 aromatic rings. The molecular formula is C64H106NO8+. The molecule has 414 valence electrons. The van der Waals surface area contributed by atoms with Gasteiger partial charge in [0.1, 0.15) is 13.2 Å². The fraction of sp³-hybridized carbons (Fsp3) is 0.641. The summed E-state index contributed by atoms with van der Waals surface area (Å²) in [6.07, 6.45) is 72.8. The van der Waals surface area contributed by atoms with E-state index in [-0.39, 0.29) is 38.6 Å². The topological polar surface area (TPSA) is 108 Å². The number of hydrogen-bond acceptors (Lipinski definition) is 7. The Morgan fingerprint density at radius 2 is 0.795 bits per heavy atom. The summed E-state index contributed by atoms with van der Waals surface area (Å²) in [5.41, 5.74) is 0. The second-order valence-electron chi connectivity index (χ2n) is 19.9. The Labute approximate surface area is 447 Å². The van der Waals surface area contributed by atoms with Crippen LogP contribution in [0.25, 0.3) is 0 Å². The molecule has 9 heteroatoms. The Morgan fingerprint density at radius 1 is 0.425 bits per heavy atom. The van der Waals surface area contributed by atoms with Gasteiger partial charge in [0.25, 0.3) is 6.29 Å². The normalized spacial score (nSPS) is 13.7. The lowest BCUT2D eigenvalue weighted by atomic mass is 10.1. The first-order valence-electron chi connectivity index (χ1n) is 28.7. The molecular weight excluding hydrogens is 911 g/mol. The van der Waals surface area contributed by atoms with E-state index in [1.165, 1.54) is 89.9 Å². The molecule has 0 spiro atoms. The van der Waals surface area contributed by atoms with E-state index in [9.17, 15) is 19.5 Å². The predicted molar refractivity (Wildman–Crippen MR) is 308 cm³/mol. The number of quaternary nitrogens is 1. The fourth-order valence-electron chi connectivity index (χ4n) is 7.30. The molecule has 0 aliphatic carbocycles. The van der Waals surface area contributed by atoms with Crippen molar-refractivity contribution in [2.24, 2.45) is 0 Å². The van der Waals surface area contributed by atoms with Gasteiger partial charge in [-0.1, -0.05) is 212 Å². The average Bonchev–Trinajstić information content (AvgIpc) is 3.36. The quantitative estimate of drug-likeness (QED) is 0.0211. The van der Waals surface area contributed by atoms with Crippen LogP contribution in [0.1, 0.15) is 206 Å². The van der Waals surface area contributed by atoms with Gasteiger partial charge >= 0.3 is 17.9 Å². The smallest absolute Gasteiger partial charge is 0.361 e. The van der Waals surface area contributed by atoms with E-state index in [2.05, 4.69) is 135 Å². The van der Waals surface area contributed by atoms with Crippen LogP contribution in [0.2, 0.25) is 0 Å². The van der Waals surface area contributed by atoms with Crippen molar-refractivity contribution in [1.29, 1.82) is 0 Å². The zero-order chi connectivity index (χ0) is 53.4. The SMILES string of the molecule is CC/C=C\C/C=C\C/C=C\C/C=C\C/C=C\C/C=C\C/C=C\C/C=C\C/C=C\CCCC(=O)OC(COC(=O)CCCCCCCCCCC/C=C\CCCCCCCC)COC(OCC[N+](C)(C)C)C(=O)O. The van der Waals surface area contributed by atoms with Crippen LogP contribution < -0.4 is 0 Å². The summed E-state index contributed by atoms with van der Waals surface area (Å²) in [6.45, 7) is 4.68. The van der Waals surface area contributed by atoms with Crippen LogP contribution in [-0.2, 0) is 33.3 Å². The monoisotopic (exact) mass is 1020 g/mol. The number of allylic oxidation sites excluding steroid dienone is 20. The van der Waals surface area contributed by atoms with E-state index >= 15 is 0 Å². The molecule has 0 saturated heterocycles. The second kappa shape index (κ2) is 54.0. The molecule has 1 N–H and O–H groups in total. The number of esters is 2. The standard InChI is InChI=1S/C64H105NO8/c1-6-8-10-12-14-16-18-20-22-24-26-27-28-29-30-31-32-33-34-35-37-39-41-43-45-47-49-51-53-55-62(67)73-60(59-72-64(63(68)69)70-57-56-65(3,4)5)58-71-61(66)54-52-50-48-46-44-42-40-38-36-25-23-21-19-17-15-13-11-9-7-2/h8,10,14,16,20-23,26-27,29-30,32-33,35,37,41,43,47,49,60,64H,6-7,9,11-13,15,17-19,24-25,28,31,34,36,38-40,42,44-46,48,50-59H2,1-5H3/p+1/b10-8-,16-14-,22-20-,23-21-,27-26-,30-29-,33-32-,37-35-,43-41-,49-47-. The maximum atomic E-state index is 12.8. The van der Waals surface area contributed by atoms with Crippen molar-refractivity contribution in [2.45, 2.75) is 219 Å². The van der Waals surface area contributed by atoms with Gasteiger partial charge in [-0.05, 0) is 103 Å². The van der Waals surface area contributed by atoms with Crippen molar-refractivity contribution in [3.05, 3.63) is 122 Å². The summed E-state index contributed by atoms with van der Waals surface area (Å²) < 4.78 is 22.8. The van der Waals surface area contributed by atoms with Crippen LogP contribution in [0, 0.1) is 0 Å². The molecule has 0 amide bonds. The minimum Gasteiger partial charge on any atom is -0.477 e. The van der Waals surface area contributed by atoms with E-state index < -0.39 is 24.3 Å². The lowest BCUT2D eigenvalue weighted by Crippen LogP contribution is -2.40. The van der Waals surface area contributed by atoms with Crippen molar-refractivity contribution < 1.29 is 42.9 Å². The van der Waals surface area contributed by atoms with Crippen molar-refractivity contribution in [3.8, 4) is 0 Å². The Kier molecular flexibility index (Phi) is 50.8. The molecule has 0 rings (SSSR count). The molecule has 73 heavy (non-hydrogen) atoms.